The zero-order valence-corrected chi connectivity index (χ0v) is 39.2. The predicted molar refractivity (Wildman–Crippen MR) is 239 cm³/mol. The van der Waals surface area contributed by atoms with Crippen LogP contribution in [0.15, 0.2) is 48.1 Å². The van der Waals surface area contributed by atoms with Crippen LogP contribution in [0.4, 0.5) is 0 Å². The van der Waals surface area contributed by atoms with Gasteiger partial charge in [-0.15, -0.1) is 5.06 Å². The number of hydrogen-bond acceptors (Lipinski definition) is 15. The number of allylic oxidation sites excluding steroid dienone is 4. The van der Waals surface area contributed by atoms with Gasteiger partial charge in [0.2, 0.25) is 17.7 Å². The number of aliphatic hydroxyl groups is 2. The Morgan fingerprint density at radius 1 is 0.943 bits per heavy atom. The van der Waals surface area contributed by atoms with Crippen molar-refractivity contribution in [2.75, 3.05) is 32.8 Å². The summed E-state index contributed by atoms with van der Waals surface area (Å²) in [6.45, 7) is 3.87. The Labute approximate surface area is 403 Å². The van der Waals surface area contributed by atoms with E-state index in [9.17, 15) is 58.5 Å². The molecule has 9 rings (SSSR count). The lowest BCUT2D eigenvalue weighted by molar-refractivity contribution is -0.201. The first-order valence-electron chi connectivity index (χ1n) is 24.2. The number of fused-ring (bicyclic) bond motifs is 7. The number of imide groups is 1. The van der Waals surface area contributed by atoms with Crippen LogP contribution in [0.1, 0.15) is 102 Å². The predicted octanol–water partition coefficient (Wildman–Crippen LogP) is 1.30. The minimum absolute atomic E-state index is 0.0270. The van der Waals surface area contributed by atoms with Crippen molar-refractivity contribution in [3.63, 3.8) is 0 Å². The number of hydrogen-bond donors (Lipinski definition) is 5. The molecule has 4 heterocycles. The molecule has 8 aliphatic rings. The van der Waals surface area contributed by atoms with Gasteiger partial charge < -0.3 is 49.9 Å². The number of nitrogens with one attached hydrogen (secondary N) is 2. The third-order valence-corrected chi connectivity index (χ3v) is 16.6. The Hall–Kier alpha value is -5.67. The van der Waals surface area contributed by atoms with Crippen LogP contribution in [0.3, 0.4) is 0 Å². The highest BCUT2D eigenvalue weighted by Gasteiger charge is 2.76. The Kier molecular flexibility index (Phi) is 13.3. The summed E-state index contributed by atoms with van der Waals surface area (Å²) in [5.41, 5.74) is -0.392. The number of rotatable bonds is 16. The van der Waals surface area contributed by atoms with Gasteiger partial charge in [0.05, 0.1) is 37.9 Å². The molecule has 20 nitrogen and oxygen atoms in total. The fourth-order valence-corrected chi connectivity index (χ4v) is 13.4. The normalized spacial score (nSPS) is 33.9. The minimum atomic E-state index is -1.47. The molecule has 4 aliphatic carbocycles. The average Bonchev–Trinajstić information content (AvgIpc) is 4.06. The van der Waals surface area contributed by atoms with E-state index in [0.717, 1.165) is 17.6 Å². The van der Waals surface area contributed by atoms with Gasteiger partial charge in [-0.05, 0) is 74.5 Å². The molecule has 5 N–H and O–H groups in total. The third-order valence-electron chi connectivity index (χ3n) is 16.6. The van der Waals surface area contributed by atoms with Gasteiger partial charge >= 0.3 is 11.9 Å². The zero-order valence-electron chi connectivity index (χ0n) is 39.2. The van der Waals surface area contributed by atoms with Crippen LogP contribution in [0, 0.1) is 34.0 Å². The zero-order chi connectivity index (χ0) is 49.9. The Morgan fingerprint density at radius 3 is 2.37 bits per heavy atom. The molecule has 20 heteroatoms. The van der Waals surface area contributed by atoms with Gasteiger partial charge in [-0.2, -0.15) is 0 Å². The van der Waals surface area contributed by atoms with Crippen LogP contribution in [-0.2, 0) is 68.6 Å². The Morgan fingerprint density at radius 2 is 1.67 bits per heavy atom. The lowest BCUT2D eigenvalue weighted by atomic mass is 9.46. The molecule has 0 aromatic heterocycles. The van der Waals surface area contributed by atoms with Crippen molar-refractivity contribution in [3.8, 4) is 0 Å². The van der Waals surface area contributed by atoms with Crippen LogP contribution < -0.4 is 10.6 Å². The molecule has 0 radical (unpaired) electrons. The second-order valence-corrected chi connectivity index (χ2v) is 21.0. The summed E-state index contributed by atoms with van der Waals surface area (Å²) in [6.07, 6.45) is 4.65. The van der Waals surface area contributed by atoms with Crippen molar-refractivity contribution in [1.29, 1.82) is 0 Å². The second kappa shape index (κ2) is 18.8. The van der Waals surface area contributed by atoms with E-state index in [0.29, 0.717) is 56.0 Å². The van der Waals surface area contributed by atoms with E-state index in [1.54, 1.807) is 17.1 Å². The highest BCUT2D eigenvalue weighted by molar-refractivity contribution is 6.02. The van der Waals surface area contributed by atoms with Gasteiger partial charge in [-0.3, -0.25) is 38.4 Å². The number of hydroxylamine groups is 2. The van der Waals surface area contributed by atoms with E-state index in [4.69, 9.17) is 19.0 Å². The number of carboxylic acid groups (broad SMARTS) is 1. The lowest BCUT2D eigenvalue weighted by Crippen LogP contribution is -2.63. The van der Waals surface area contributed by atoms with Crippen molar-refractivity contribution < 1.29 is 77.5 Å². The van der Waals surface area contributed by atoms with Gasteiger partial charge in [-0.1, -0.05) is 49.8 Å². The summed E-state index contributed by atoms with van der Waals surface area (Å²) >= 11 is 0. The third kappa shape index (κ3) is 8.79. The molecule has 1 unspecified atom stereocenters. The first kappa shape index (κ1) is 49.3. The molecule has 4 aliphatic heterocycles. The van der Waals surface area contributed by atoms with Crippen molar-refractivity contribution in [3.05, 3.63) is 59.2 Å². The van der Waals surface area contributed by atoms with Crippen molar-refractivity contribution >= 4 is 53.0 Å². The summed E-state index contributed by atoms with van der Waals surface area (Å²) in [4.78, 5) is 118. The van der Waals surface area contributed by atoms with Crippen molar-refractivity contribution in [1.82, 2.24) is 20.6 Å². The number of ether oxygens (including phenoxy) is 3. The van der Waals surface area contributed by atoms with E-state index >= 15 is 0 Å². The quantitative estimate of drug-likeness (QED) is 0.146. The molecule has 0 bridgehead atoms. The summed E-state index contributed by atoms with van der Waals surface area (Å²) in [6, 6.07) is 6.51. The van der Waals surface area contributed by atoms with E-state index in [-0.39, 0.29) is 60.7 Å². The number of likely N-dealkylation sites (tertiary alicyclic amines) is 1. The average molecular weight is 973 g/mol. The number of aliphatic carboxylic acids is 1. The maximum Gasteiger partial charge on any atom is 0.333 e. The summed E-state index contributed by atoms with van der Waals surface area (Å²) in [7, 11) is 0. The van der Waals surface area contributed by atoms with Crippen LogP contribution in [0.2, 0.25) is 0 Å². The molecule has 1 spiro atoms. The SMILES string of the molecule is C[C@]12C=CC(=O)C=C1CC[C@@H]1[C@@H]2[C@@H](O)C[C@@]2(C)[C@H]1C[C@H]1O[C@@H](c3ccc(CC4CC5(CO4)CN(C(=O)[C@H](CCC(=O)O)NC(=O)CNC(=O)CCC(=O)ON4C(=O)CCC4=O)C5)cc3)O[C@]12C(=O)CO. The minimum Gasteiger partial charge on any atom is -0.481 e. The number of amides is 5. The molecular formula is C50H60N4O16. The Bertz CT molecular complexity index is 2420. The van der Waals surface area contributed by atoms with Crippen LogP contribution in [-0.4, -0.2) is 141 Å². The fraction of sp³-hybridized carbons (Fsp3) is 0.620. The highest BCUT2D eigenvalue weighted by Crippen LogP contribution is 2.70. The standard InChI is InChI=1S/C50H60N4O16/c1-47-16-15-30(56)18-29(47)7-8-32-33-19-37-50(36(58)23-55,48(33,2)21-35(57)44(32)47)69-46(68-37)28-5-3-27(4-6-28)17-31-20-49(26-67-31)24-53(25-49)45(66)34(9-13-42(63)64)52-39(60)22-51-38(59)10-14-43(65)70-54-40(61)11-12-41(54)62/h3-6,15-16,18,31-35,37,44,46,55,57H,7-14,17,19-26H2,1-2H3,(H,51,59)(H,52,60)(H,63,64)/t31?,32-,33-,34-,35-,37+,44+,46+,47-,48-,50+/m0/s1. The molecule has 1 aromatic rings. The monoisotopic (exact) mass is 972 g/mol. The molecule has 376 valence electrons. The first-order valence-corrected chi connectivity index (χ1v) is 24.2. The molecule has 11 atom stereocenters. The second-order valence-electron chi connectivity index (χ2n) is 21.0. The van der Waals surface area contributed by atoms with Crippen molar-refractivity contribution in [2.45, 2.75) is 127 Å². The molecule has 7 fully saturated rings. The van der Waals surface area contributed by atoms with Crippen molar-refractivity contribution in [2.24, 2.45) is 34.0 Å². The van der Waals surface area contributed by atoms with Crippen LogP contribution in [0.25, 0.3) is 0 Å². The molecular weight excluding hydrogens is 913 g/mol. The van der Waals surface area contributed by atoms with Gasteiger partial charge in [-0.25, -0.2) is 4.79 Å². The number of nitrogens with zero attached hydrogens (tertiary/aromatic N) is 2. The molecule has 70 heavy (non-hydrogen) atoms. The summed E-state index contributed by atoms with van der Waals surface area (Å²) in [5.74, 6) is -6.03. The Balaban J connectivity index is 0.761. The maximum atomic E-state index is 14.0. The van der Waals surface area contributed by atoms with E-state index in [1.807, 2.05) is 37.3 Å². The van der Waals surface area contributed by atoms with Gasteiger partial charge in [0.15, 0.2) is 23.5 Å². The molecule has 3 saturated carbocycles. The number of benzene rings is 1. The van der Waals surface area contributed by atoms with Gasteiger partial charge in [0.25, 0.3) is 11.8 Å². The summed E-state index contributed by atoms with van der Waals surface area (Å²) < 4.78 is 19.6. The van der Waals surface area contributed by atoms with E-state index in [2.05, 4.69) is 17.6 Å². The fourth-order valence-electron chi connectivity index (χ4n) is 13.4. The number of carboxylic acids is 1. The molecule has 5 amide bonds. The van der Waals surface area contributed by atoms with E-state index < -0.39 is 121 Å². The largest absolute Gasteiger partial charge is 0.481 e. The maximum absolute atomic E-state index is 14.0. The lowest BCUT2D eigenvalue weighted by Gasteiger charge is -2.59. The smallest absolute Gasteiger partial charge is 0.333 e. The first-order chi connectivity index (χ1) is 33.3. The number of carbonyl (C=O) groups is 9. The number of ketones is 2. The number of aliphatic hydroxyl groups excluding tert-OH is 2. The molecule has 1 aromatic carbocycles. The highest BCUT2D eigenvalue weighted by atomic mass is 16.7. The number of Topliss-reactive ketones (excluding diaryl/α,β-unsaturated/α-hetero) is 1. The van der Waals surface area contributed by atoms with Crippen LogP contribution >= 0.6 is 0 Å². The van der Waals surface area contributed by atoms with Crippen LogP contribution in [0.5, 0.6) is 0 Å². The van der Waals surface area contributed by atoms with Gasteiger partial charge in [0.1, 0.15) is 12.6 Å². The summed E-state index contributed by atoms with van der Waals surface area (Å²) in [5, 5.41) is 36.9. The molecule has 4 saturated heterocycles. The number of carbonyl (C=O) groups excluding carboxylic acids is 8. The topological polar surface area (TPSA) is 282 Å². The van der Waals surface area contributed by atoms with Gasteiger partial charge in [0, 0.05) is 66.5 Å². The van der Waals surface area contributed by atoms with E-state index in [1.165, 1.54) is 0 Å².